The minimum atomic E-state index is -0.223. The Morgan fingerprint density at radius 3 is 2.50 bits per heavy atom. The number of carbonyl (C=O) groups is 1. The maximum absolute atomic E-state index is 10.9. The second-order valence-corrected chi connectivity index (χ2v) is 3.39. The van der Waals surface area contributed by atoms with Crippen molar-refractivity contribution >= 4 is 5.97 Å². The molecule has 0 atom stereocenters. The standard InChI is InChI=1S/C10H16O2/c1-8(7-10(11)12-2)9-5-3-4-6-9/h7,9H,3-6H2,1-2H3/b8-7+. The summed E-state index contributed by atoms with van der Waals surface area (Å²) in [6.45, 7) is 2.02. The molecule has 1 aliphatic carbocycles. The molecule has 0 heterocycles. The normalized spacial score (nSPS) is 19.7. The highest BCUT2D eigenvalue weighted by atomic mass is 16.5. The van der Waals surface area contributed by atoms with E-state index in [1.807, 2.05) is 6.92 Å². The summed E-state index contributed by atoms with van der Waals surface area (Å²) in [4.78, 5) is 10.9. The third-order valence-corrected chi connectivity index (χ3v) is 2.55. The Kier molecular flexibility index (Phi) is 3.32. The highest BCUT2D eigenvalue weighted by Crippen LogP contribution is 2.30. The monoisotopic (exact) mass is 168 g/mol. The van der Waals surface area contributed by atoms with Crippen LogP contribution in [0.3, 0.4) is 0 Å². The van der Waals surface area contributed by atoms with Gasteiger partial charge in [0.2, 0.25) is 0 Å². The quantitative estimate of drug-likeness (QED) is 0.467. The molecular weight excluding hydrogens is 152 g/mol. The molecule has 0 bridgehead atoms. The molecule has 0 saturated heterocycles. The number of ether oxygens (including phenoxy) is 1. The largest absolute Gasteiger partial charge is 0.466 e. The number of allylic oxidation sites excluding steroid dienone is 1. The van der Waals surface area contributed by atoms with Crippen LogP contribution in [0.5, 0.6) is 0 Å². The summed E-state index contributed by atoms with van der Waals surface area (Å²) in [6, 6.07) is 0. The number of carbonyl (C=O) groups excluding carboxylic acids is 1. The van der Waals surface area contributed by atoms with Gasteiger partial charge in [-0.1, -0.05) is 18.4 Å². The fourth-order valence-corrected chi connectivity index (χ4v) is 1.74. The van der Waals surface area contributed by atoms with Crippen molar-refractivity contribution in [3.63, 3.8) is 0 Å². The van der Waals surface area contributed by atoms with Gasteiger partial charge in [0.15, 0.2) is 0 Å². The number of esters is 1. The van der Waals surface area contributed by atoms with Crippen LogP contribution in [-0.4, -0.2) is 13.1 Å². The SMILES string of the molecule is COC(=O)/C=C(\C)C1CCCC1. The molecule has 0 aromatic heterocycles. The van der Waals surface area contributed by atoms with E-state index in [4.69, 9.17) is 0 Å². The summed E-state index contributed by atoms with van der Waals surface area (Å²) in [5, 5.41) is 0. The molecule has 1 aliphatic rings. The van der Waals surface area contributed by atoms with Gasteiger partial charge in [-0.3, -0.25) is 0 Å². The Bertz CT molecular complexity index is 188. The topological polar surface area (TPSA) is 26.3 Å². The van der Waals surface area contributed by atoms with Crippen molar-refractivity contribution in [2.24, 2.45) is 5.92 Å². The second-order valence-electron chi connectivity index (χ2n) is 3.39. The zero-order chi connectivity index (χ0) is 8.97. The van der Waals surface area contributed by atoms with E-state index in [1.54, 1.807) is 6.08 Å². The molecule has 0 N–H and O–H groups in total. The molecule has 0 spiro atoms. The van der Waals surface area contributed by atoms with Crippen LogP contribution >= 0.6 is 0 Å². The van der Waals surface area contributed by atoms with Crippen molar-refractivity contribution in [2.45, 2.75) is 32.6 Å². The number of methoxy groups -OCH3 is 1. The van der Waals surface area contributed by atoms with Gasteiger partial charge in [0.05, 0.1) is 7.11 Å². The highest BCUT2D eigenvalue weighted by Gasteiger charge is 2.16. The first kappa shape index (κ1) is 9.30. The molecule has 0 aromatic rings. The third kappa shape index (κ3) is 2.36. The first-order chi connectivity index (χ1) is 5.74. The van der Waals surface area contributed by atoms with Gasteiger partial charge >= 0.3 is 5.97 Å². The average molecular weight is 168 g/mol. The predicted molar refractivity (Wildman–Crippen MR) is 47.7 cm³/mol. The van der Waals surface area contributed by atoms with Crippen molar-refractivity contribution in [1.82, 2.24) is 0 Å². The van der Waals surface area contributed by atoms with E-state index >= 15 is 0 Å². The molecule has 0 aromatic carbocycles. The summed E-state index contributed by atoms with van der Waals surface area (Å²) in [7, 11) is 1.42. The predicted octanol–water partition coefficient (Wildman–Crippen LogP) is 2.30. The average Bonchev–Trinajstić information content (AvgIpc) is 2.56. The maximum atomic E-state index is 10.9. The second kappa shape index (κ2) is 4.29. The summed E-state index contributed by atoms with van der Waals surface area (Å²) in [5.74, 6) is 0.406. The fraction of sp³-hybridized carbons (Fsp3) is 0.700. The van der Waals surface area contributed by atoms with Gasteiger partial charge in [0, 0.05) is 6.08 Å². The van der Waals surface area contributed by atoms with Gasteiger partial charge in [-0.15, -0.1) is 0 Å². The van der Waals surface area contributed by atoms with E-state index in [2.05, 4.69) is 4.74 Å². The smallest absolute Gasteiger partial charge is 0.330 e. The van der Waals surface area contributed by atoms with Crippen LogP contribution in [0.25, 0.3) is 0 Å². The van der Waals surface area contributed by atoms with Gasteiger partial charge in [0.25, 0.3) is 0 Å². The molecule has 0 amide bonds. The molecule has 0 radical (unpaired) electrons. The molecule has 0 aliphatic heterocycles. The van der Waals surface area contributed by atoms with Gasteiger partial charge < -0.3 is 4.74 Å². The third-order valence-electron chi connectivity index (χ3n) is 2.55. The van der Waals surface area contributed by atoms with E-state index in [9.17, 15) is 4.79 Å². The van der Waals surface area contributed by atoms with Crippen LogP contribution in [0.2, 0.25) is 0 Å². The van der Waals surface area contributed by atoms with Crippen molar-refractivity contribution in [1.29, 1.82) is 0 Å². The Morgan fingerprint density at radius 1 is 1.42 bits per heavy atom. The van der Waals surface area contributed by atoms with Crippen LogP contribution in [-0.2, 0) is 9.53 Å². The van der Waals surface area contributed by atoms with E-state index < -0.39 is 0 Å². The van der Waals surface area contributed by atoms with Crippen LogP contribution in [0.4, 0.5) is 0 Å². The molecule has 12 heavy (non-hydrogen) atoms. The minimum Gasteiger partial charge on any atom is -0.466 e. The summed E-state index contributed by atoms with van der Waals surface area (Å²) in [6.07, 6.45) is 6.70. The minimum absolute atomic E-state index is 0.223. The van der Waals surface area contributed by atoms with Crippen molar-refractivity contribution in [2.75, 3.05) is 7.11 Å². The highest BCUT2D eigenvalue weighted by molar-refractivity contribution is 5.82. The Balaban J connectivity index is 2.49. The lowest BCUT2D eigenvalue weighted by Gasteiger charge is -2.07. The lowest BCUT2D eigenvalue weighted by molar-refractivity contribution is -0.134. The lowest BCUT2D eigenvalue weighted by atomic mass is 9.99. The number of hydrogen-bond donors (Lipinski definition) is 0. The van der Waals surface area contributed by atoms with E-state index in [-0.39, 0.29) is 5.97 Å². The zero-order valence-corrected chi connectivity index (χ0v) is 7.80. The van der Waals surface area contributed by atoms with Crippen molar-refractivity contribution in [3.8, 4) is 0 Å². The zero-order valence-electron chi connectivity index (χ0n) is 7.80. The first-order valence-corrected chi connectivity index (χ1v) is 4.50. The van der Waals surface area contributed by atoms with Crippen LogP contribution < -0.4 is 0 Å². The van der Waals surface area contributed by atoms with Gasteiger partial charge in [-0.25, -0.2) is 4.79 Å². The summed E-state index contributed by atoms with van der Waals surface area (Å²) >= 11 is 0. The molecule has 68 valence electrons. The lowest BCUT2D eigenvalue weighted by Crippen LogP contribution is -2.01. The number of rotatable bonds is 2. The molecule has 0 unspecified atom stereocenters. The Hall–Kier alpha value is -0.790. The van der Waals surface area contributed by atoms with Gasteiger partial charge in [0.1, 0.15) is 0 Å². The van der Waals surface area contributed by atoms with Crippen molar-refractivity contribution < 1.29 is 9.53 Å². The van der Waals surface area contributed by atoms with E-state index in [0.717, 1.165) is 0 Å². The Labute approximate surface area is 73.6 Å². The summed E-state index contributed by atoms with van der Waals surface area (Å²) in [5.41, 5.74) is 1.18. The van der Waals surface area contributed by atoms with Crippen molar-refractivity contribution in [3.05, 3.63) is 11.6 Å². The first-order valence-electron chi connectivity index (χ1n) is 4.50. The summed E-state index contributed by atoms with van der Waals surface area (Å²) < 4.78 is 4.57. The molecule has 2 nitrogen and oxygen atoms in total. The molecule has 1 fully saturated rings. The molecule has 1 saturated carbocycles. The van der Waals surface area contributed by atoms with Gasteiger partial charge in [-0.05, 0) is 25.7 Å². The fourth-order valence-electron chi connectivity index (χ4n) is 1.74. The van der Waals surface area contributed by atoms with Crippen LogP contribution in [0.1, 0.15) is 32.6 Å². The molecule has 1 rings (SSSR count). The maximum Gasteiger partial charge on any atom is 0.330 e. The van der Waals surface area contributed by atoms with Gasteiger partial charge in [-0.2, -0.15) is 0 Å². The Morgan fingerprint density at radius 2 is 2.00 bits per heavy atom. The number of hydrogen-bond acceptors (Lipinski definition) is 2. The van der Waals surface area contributed by atoms with E-state index in [0.29, 0.717) is 5.92 Å². The molecule has 2 heteroatoms. The van der Waals surface area contributed by atoms with Crippen LogP contribution in [0.15, 0.2) is 11.6 Å². The van der Waals surface area contributed by atoms with E-state index in [1.165, 1.54) is 38.4 Å². The molecular formula is C10H16O2. The van der Waals surface area contributed by atoms with Crippen LogP contribution in [0, 0.1) is 5.92 Å².